The first-order chi connectivity index (χ1) is 7.14. The summed E-state index contributed by atoms with van der Waals surface area (Å²) in [6, 6.07) is 0. The van der Waals surface area contributed by atoms with Gasteiger partial charge in [-0.3, -0.25) is 0 Å². The van der Waals surface area contributed by atoms with Gasteiger partial charge >= 0.3 is 12.1 Å². The van der Waals surface area contributed by atoms with Crippen LogP contribution in [0.5, 0.6) is 0 Å². The summed E-state index contributed by atoms with van der Waals surface area (Å²) in [6.07, 6.45) is -0.866. The van der Waals surface area contributed by atoms with Crippen molar-refractivity contribution in [3.05, 3.63) is 0 Å². The first-order valence-electron chi connectivity index (χ1n) is 5.04. The van der Waals surface area contributed by atoms with Crippen LogP contribution in [0.1, 0.15) is 27.2 Å². The molecule has 1 rings (SSSR count). The minimum absolute atomic E-state index is 0. The Morgan fingerprint density at radius 2 is 1.94 bits per heavy atom. The van der Waals surface area contributed by atoms with Gasteiger partial charge in [0, 0.05) is 31.8 Å². The van der Waals surface area contributed by atoms with Crippen molar-refractivity contribution in [2.75, 3.05) is 13.1 Å². The first-order valence-corrected chi connectivity index (χ1v) is 5.04. The number of carbonyl (C=O) groups is 2. The fourth-order valence-electron chi connectivity index (χ4n) is 1.43. The molecule has 1 amide bonds. The molecule has 1 radical (unpaired) electrons. The van der Waals surface area contributed by atoms with Gasteiger partial charge < -0.3 is 14.7 Å². The minimum atomic E-state index is -2.34. The zero-order valence-corrected chi connectivity index (χ0v) is 10.6. The van der Waals surface area contributed by atoms with E-state index < -0.39 is 29.9 Å². The third-order valence-electron chi connectivity index (χ3n) is 2.25. The first kappa shape index (κ1) is 16.3. The van der Waals surface area contributed by atoms with Gasteiger partial charge in [-0.05, 0) is 20.8 Å². The topological polar surface area (TPSA) is 66.8 Å². The van der Waals surface area contributed by atoms with Crippen LogP contribution in [0.3, 0.4) is 0 Å². The van der Waals surface area contributed by atoms with Crippen LogP contribution < -0.4 is 0 Å². The van der Waals surface area contributed by atoms with E-state index in [2.05, 4.69) is 0 Å². The molecule has 1 saturated heterocycles. The van der Waals surface area contributed by atoms with E-state index in [1.165, 1.54) is 0 Å². The predicted octanol–water partition coefficient (Wildman–Crippen LogP) is 1.04. The summed E-state index contributed by atoms with van der Waals surface area (Å²) < 4.78 is 18.7. The minimum Gasteiger partial charge on any atom is -0.479 e. The quantitative estimate of drug-likeness (QED) is 0.695. The van der Waals surface area contributed by atoms with Gasteiger partial charge in [-0.15, -0.1) is 0 Å². The maximum Gasteiger partial charge on any atom is 0.410 e. The average molecular weight is 240 g/mol. The number of alkyl halides is 1. The van der Waals surface area contributed by atoms with E-state index in [1.807, 2.05) is 0 Å². The summed E-state index contributed by atoms with van der Waals surface area (Å²) in [6.45, 7) is 4.71. The SMILES string of the molecule is CC(C)(C)OC(=O)N1CC[C@](F)(C(=O)O)C1.[Li]. The standard InChI is InChI=1S/C10H16FNO4.Li/c1-9(2,3)16-8(15)12-5-4-10(11,6-12)7(13)14;/h4-6H2,1-3H3,(H,13,14);/t10-;/m1./s1. The summed E-state index contributed by atoms with van der Waals surface area (Å²) in [7, 11) is 0. The smallest absolute Gasteiger partial charge is 0.410 e. The van der Waals surface area contributed by atoms with Crippen LogP contribution in [0.2, 0.25) is 0 Å². The number of carbonyl (C=O) groups excluding carboxylic acids is 1. The fourth-order valence-corrected chi connectivity index (χ4v) is 1.43. The van der Waals surface area contributed by atoms with E-state index in [0.717, 1.165) is 4.90 Å². The monoisotopic (exact) mass is 240 g/mol. The summed E-state index contributed by atoms with van der Waals surface area (Å²) >= 11 is 0. The van der Waals surface area contributed by atoms with Crippen molar-refractivity contribution < 1.29 is 23.8 Å². The number of carboxylic acids is 1. The van der Waals surface area contributed by atoms with Crippen molar-refractivity contribution in [2.45, 2.75) is 38.5 Å². The number of likely N-dealkylation sites (tertiary alicyclic amines) is 1. The van der Waals surface area contributed by atoms with Crippen LogP contribution >= 0.6 is 0 Å². The summed E-state index contributed by atoms with van der Waals surface area (Å²) in [5, 5.41) is 8.65. The van der Waals surface area contributed by atoms with E-state index in [4.69, 9.17) is 9.84 Å². The van der Waals surface area contributed by atoms with Gasteiger partial charge in [-0.1, -0.05) is 0 Å². The van der Waals surface area contributed by atoms with Gasteiger partial charge in [0.2, 0.25) is 5.67 Å². The Balaban J connectivity index is 0.00000256. The number of rotatable bonds is 1. The molecule has 93 valence electrons. The van der Waals surface area contributed by atoms with Gasteiger partial charge in [0.25, 0.3) is 0 Å². The van der Waals surface area contributed by atoms with E-state index in [1.54, 1.807) is 20.8 Å². The number of ether oxygens (including phenoxy) is 1. The molecule has 1 aliphatic rings. The molecule has 0 unspecified atom stereocenters. The maximum absolute atomic E-state index is 13.6. The molecular weight excluding hydrogens is 224 g/mol. The number of hydrogen-bond acceptors (Lipinski definition) is 3. The average Bonchev–Trinajstić information content (AvgIpc) is 2.46. The molecule has 0 bridgehead atoms. The van der Waals surface area contributed by atoms with Crippen LogP contribution in [0.15, 0.2) is 0 Å². The second-order valence-electron chi connectivity index (χ2n) is 4.92. The van der Waals surface area contributed by atoms with E-state index in [-0.39, 0.29) is 31.8 Å². The van der Waals surface area contributed by atoms with Crippen molar-refractivity contribution in [1.29, 1.82) is 0 Å². The van der Waals surface area contributed by atoms with E-state index in [9.17, 15) is 14.0 Å². The van der Waals surface area contributed by atoms with E-state index >= 15 is 0 Å². The molecule has 0 aromatic rings. The molecule has 1 heterocycles. The van der Waals surface area contributed by atoms with Crippen molar-refractivity contribution >= 4 is 30.9 Å². The van der Waals surface area contributed by atoms with Crippen LogP contribution in [-0.4, -0.2) is 65.3 Å². The second-order valence-corrected chi connectivity index (χ2v) is 4.92. The Bertz CT molecular complexity index is 318. The largest absolute Gasteiger partial charge is 0.479 e. The molecule has 1 aliphatic heterocycles. The summed E-state index contributed by atoms with van der Waals surface area (Å²) in [4.78, 5) is 23.2. The van der Waals surface area contributed by atoms with E-state index in [0.29, 0.717) is 0 Å². The predicted molar refractivity (Wildman–Crippen MR) is 59.7 cm³/mol. The molecule has 7 heteroatoms. The van der Waals surface area contributed by atoms with Gasteiger partial charge in [0.05, 0.1) is 6.54 Å². The molecule has 0 saturated carbocycles. The molecule has 17 heavy (non-hydrogen) atoms. The molecule has 0 aromatic carbocycles. The molecule has 0 spiro atoms. The Hall–Kier alpha value is -0.733. The molecule has 0 aromatic heterocycles. The molecule has 1 atom stereocenters. The Morgan fingerprint density at radius 3 is 2.29 bits per heavy atom. The van der Waals surface area contributed by atoms with Crippen LogP contribution in [-0.2, 0) is 9.53 Å². The van der Waals surface area contributed by atoms with Crippen molar-refractivity contribution in [3.63, 3.8) is 0 Å². The van der Waals surface area contributed by atoms with Gasteiger partial charge in [-0.2, -0.15) is 0 Å². The summed E-state index contributed by atoms with van der Waals surface area (Å²) in [5.74, 6) is -1.53. The Kier molecular flexibility index (Phi) is 5.05. The number of halogens is 1. The molecule has 5 nitrogen and oxygen atoms in total. The van der Waals surface area contributed by atoms with Crippen LogP contribution in [0.25, 0.3) is 0 Å². The zero-order valence-electron chi connectivity index (χ0n) is 10.6. The molecule has 1 N–H and O–H groups in total. The third-order valence-corrected chi connectivity index (χ3v) is 2.25. The van der Waals surface area contributed by atoms with Crippen molar-refractivity contribution in [2.24, 2.45) is 0 Å². The van der Waals surface area contributed by atoms with Crippen molar-refractivity contribution in [3.8, 4) is 0 Å². The number of aliphatic carboxylic acids is 1. The number of hydrogen-bond donors (Lipinski definition) is 1. The second kappa shape index (κ2) is 5.28. The molecule has 0 aliphatic carbocycles. The number of nitrogens with zero attached hydrogens (tertiary/aromatic N) is 1. The zero-order chi connectivity index (χ0) is 12.6. The molecule has 1 fully saturated rings. The fraction of sp³-hybridized carbons (Fsp3) is 0.800. The van der Waals surface area contributed by atoms with Crippen LogP contribution in [0.4, 0.5) is 9.18 Å². The summed E-state index contributed by atoms with van der Waals surface area (Å²) in [5.41, 5.74) is -3.00. The number of carboxylic acid groups (broad SMARTS) is 1. The third kappa shape index (κ3) is 4.21. The molecular formula is C10H16FLiNO4. The normalized spacial score (nSPS) is 24.1. The van der Waals surface area contributed by atoms with Crippen molar-refractivity contribution in [1.82, 2.24) is 4.90 Å². The van der Waals surface area contributed by atoms with Gasteiger partial charge in [0.1, 0.15) is 5.60 Å². The Labute approximate surface area is 111 Å². The maximum atomic E-state index is 13.6. The Morgan fingerprint density at radius 1 is 1.41 bits per heavy atom. The van der Waals surface area contributed by atoms with Crippen LogP contribution in [0, 0.1) is 0 Å². The van der Waals surface area contributed by atoms with Gasteiger partial charge in [-0.25, -0.2) is 14.0 Å². The van der Waals surface area contributed by atoms with Gasteiger partial charge in [0.15, 0.2) is 0 Å². The number of amides is 1.